The standard InChI is InChI=1S/C18H18N2O2/c21-18(22)12-13-20-16-9-5-4-8-15(16)19-17(20)11-10-14-6-2-1-3-7-14/h1-9H,10-13H2,(H,21,22). The van der Waals surface area contributed by atoms with Gasteiger partial charge < -0.3 is 9.67 Å². The van der Waals surface area contributed by atoms with Gasteiger partial charge in [-0.05, 0) is 24.1 Å². The molecular weight excluding hydrogens is 276 g/mol. The number of nitrogens with zero attached hydrogens (tertiary/aromatic N) is 2. The van der Waals surface area contributed by atoms with Crippen molar-refractivity contribution in [2.24, 2.45) is 0 Å². The van der Waals surface area contributed by atoms with Crippen molar-refractivity contribution >= 4 is 17.0 Å². The average Bonchev–Trinajstić information content (AvgIpc) is 2.89. The maximum Gasteiger partial charge on any atom is 0.305 e. The van der Waals surface area contributed by atoms with Crippen LogP contribution in [0.5, 0.6) is 0 Å². The van der Waals surface area contributed by atoms with Gasteiger partial charge in [0, 0.05) is 13.0 Å². The van der Waals surface area contributed by atoms with Crippen molar-refractivity contribution in [1.29, 1.82) is 0 Å². The number of aromatic nitrogens is 2. The number of hydrogen-bond donors (Lipinski definition) is 1. The van der Waals surface area contributed by atoms with E-state index in [-0.39, 0.29) is 6.42 Å². The van der Waals surface area contributed by atoms with Crippen LogP contribution in [-0.2, 0) is 24.2 Å². The third-order valence-corrected chi connectivity index (χ3v) is 3.76. The molecule has 0 aliphatic carbocycles. The Morgan fingerprint density at radius 3 is 2.50 bits per heavy atom. The van der Waals surface area contributed by atoms with E-state index in [9.17, 15) is 4.79 Å². The minimum Gasteiger partial charge on any atom is -0.481 e. The zero-order chi connectivity index (χ0) is 15.4. The van der Waals surface area contributed by atoms with Crippen LogP contribution < -0.4 is 0 Å². The smallest absolute Gasteiger partial charge is 0.305 e. The molecule has 22 heavy (non-hydrogen) atoms. The summed E-state index contributed by atoms with van der Waals surface area (Å²) in [6.07, 6.45) is 1.81. The summed E-state index contributed by atoms with van der Waals surface area (Å²) in [5.74, 6) is 0.165. The molecule has 4 nitrogen and oxygen atoms in total. The third kappa shape index (κ3) is 3.17. The van der Waals surface area contributed by atoms with E-state index in [1.807, 2.05) is 47.0 Å². The molecule has 0 aliphatic heterocycles. The number of imidazole rings is 1. The Labute approximate surface area is 129 Å². The van der Waals surface area contributed by atoms with E-state index < -0.39 is 5.97 Å². The van der Waals surface area contributed by atoms with Gasteiger partial charge in [-0.3, -0.25) is 4.79 Å². The second-order valence-corrected chi connectivity index (χ2v) is 5.30. The van der Waals surface area contributed by atoms with E-state index >= 15 is 0 Å². The molecule has 3 aromatic rings. The molecule has 0 aliphatic rings. The number of benzene rings is 2. The molecule has 0 radical (unpaired) electrons. The Morgan fingerprint density at radius 2 is 1.73 bits per heavy atom. The highest BCUT2D eigenvalue weighted by molar-refractivity contribution is 5.76. The molecule has 0 bridgehead atoms. The topological polar surface area (TPSA) is 55.1 Å². The molecule has 1 heterocycles. The van der Waals surface area contributed by atoms with Gasteiger partial charge in [-0.1, -0.05) is 42.5 Å². The fourth-order valence-corrected chi connectivity index (χ4v) is 2.67. The third-order valence-electron chi connectivity index (χ3n) is 3.76. The van der Waals surface area contributed by atoms with Crippen LogP contribution in [0.25, 0.3) is 11.0 Å². The Morgan fingerprint density at radius 1 is 1.00 bits per heavy atom. The number of fused-ring (bicyclic) bond motifs is 1. The summed E-state index contributed by atoms with van der Waals surface area (Å²) in [5, 5.41) is 8.95. The van der Waals surface area contributed by atoms with Crippen molar-refractivity contribution in [2.45, 2.75) is 25.8 Å². The molecule has 1 N–H and O–H groups in total. The Balaban J connectivity index is 1.86. The Hall–Kier alpha value is -2.62. The van der Waals surface area contributed by atoms with Crippen molar-refractivity contribution < 1.29 is 9.90 Å². The van der Waals surface area contributed by atoms with Gasteiger partial charge in [0.15, 0.2) is 0 Å². The van der Waals surface area contributed by atoms with Crippen molar-refractivity contribution in [3.63, 3.8) is 0 Å². The summed E-state index contributed by atoms with van der Waals surface area (Å²) < 4.78 is 2.03. The van der Waals surface area contributed by atoms with E-state index in [0.717, 1.165) is 29.7 Å². The molecule has 0 unspecified atom stereocenters. The maximum absolute atomic E-state index is 10.9. The average molecular weight is 294 g/mol. The number of hydrogen-bond acceptors (Lipinski definition) is 2. The summed E-state index contributed by atoms with van der Waals surface area (Å²) in [4.78, 5) is 15.6. The molecule has 3 rings (SSSR count). The van der Waals surface area contributed by atoms with Gasteiger partial charge in [0.25, 0.3) is 0 Å². The largest absolute Gasteiger partial charge is 0.481 e. The van der Waals surface area contributed by atoms with Crippen LogP contribution in [0.2, 0.25) is 0 Å². The molecular formula is C18H18N2O2. The first kappa shape index (κ1) is 14.3. The van der Waals surface area contributed by atoms with Gasteiger partial charge >= 0.3 is 5.97 Å². The highest BCUT2D eigenvalue weighted by Gasteiger charge is 2.11. The first-order valence-electron chi connectivity index (χ1n) is 7.44. The minimum absolute atomic E-state index is 0.110. The van der Waals surface area contributed by atoms with E-state index in [0.29, 0.717) is 6.54 Å². The molecule has 0 atom stereocenters. The van der Waals surface area contributed by atoms with Crippen LogP contribution in [0.15, 0.2) is 54.6 Å². The second-order valence-electron chi connectivity index (χ2n) is 5.30. The number of carboxylic acid groups (broad SMARTS) is 1. The molecule has 2 aromatic carbocycles. The van der Waals surface area contributed by atoms with Gasteiger partial charge in [-0.2, -0.15) is 0 Å². The first-order valence-corrected chi connectivity index (χ1v) is 7.44. The lowest BCUT2D eigenvalue weighted by Gasteiger charge is -2.08. The monoisotopic (exact) mass is 294 g/mol. The fraction of sp³-hybridized carbons (Fsp3) is 0.222. The first-order chi connectivity index (χ1) is 10.7. The van der Waals surface area contributed by atoms with Crippen LogP contribution >= 0.6 is 0 Å². The molecule has 0 spiro atoms. The molecule has 4 heteroatoms. The van der Waals surface area contributed by atoms with Crippen LogP contribution in [0.3, 0.4) is 0 Å². The summed E-state index contributed by atoms with van der Waals surface area (Å²) in [7, 11) is 0. The lowest BCUT2D eigenvalue weighted by Crippen LogP contribution is -2.09. The highest BCUT2D eigenvalue weighted by Crippen LogP contribution is 2.18. The van der Waals surface area contributed by atoms with Gasteiger partial charge in [0.2, 0.25) is 0 Å². The summed E-state index contributed by atoms with van der Waals surface area (Å²) in [6.45, 7) is 0.458. The normalized spacial score (nSPS) is 10.9. The predicted molar refractivity (Wildman–Crippen MR) is 85.8 cm³/mol. The van der Waals surface area contributed by atoms with E-state index in [2.05, 4.69) is 17.1 Å². The number of carboxylic acids is 1. The zero-order valence-electron chi connectivity index (χ0n) is 12.3. The SMILES string of the molecule is O=C(O)CCn1c(CCc2ccccc2)nc2ccccc21. The van der Waals surface area contributed by atoms with E-state index in [1.165, 1.54) is 5.56 Å². The summed E-state index contributed by atoms with van der Waals surface area (Å²) in [5.41, 5.74) is 3.20. The van der Waals surface area contributed by atoms with Crippen LogP contribution in [0.4, 0.5) is 0 Å². The van der Waals surface area contributed by atoms with Crippen molar-refractivity contribution in [1.82, 2.24) is 9.55 Å². The molecule has 1 aromatic heterocycles. The van der Waals surface area contributed by atoms with E-state index in [1.54, 1.807) is 0 Å². The van der Waals surface area contributed by atoms with Gasteiger partial charge in [-0.15, -0.1) is 0 Å². The number of aliphatic carboxylic acids is 1. The Bertz CT molecular complexity index is 778. The quantitative estimate of drug-likeness (QED) is 0.759. The van der Waals surface area contributed by atoms with Gasteiger partial charge in [-0.25, -0.2) is 4.98 Å². The van der Waals surface area contributed by atoms with Crippen molar-refractivity contribution in [3.8, 4) is 0 Å². The van der Waals surface area contributed by atoms with Crippen LogP contribution in [-0.4, -0.2) is 20.6 Å². The summed E-state index contributed by atoms with van der Waals surface area (Å²) >= 11 is 0. The predicted octanol–water partition coefficient (Wildman–Crippen LogP) is 3.30. The van der Waals surface area contributed by atoms with Crippen molar-refractivity contribution in [3.05, 3.63) is 66.0 Å². The number of para-hydroxylation sites is 2. The molecule has 0 fully saturated rings. The highest BCUT2D eigenvalue weighted by atomic mass is 16.4. The van der Waals surface area contributed by atoms with Gasteiger partial charge in [0.05, 0.1) is 17.5 Å². The molecule has 0 amide bonds. The number of rotatable bonds is 6. The van der Waals surface area contributed by atoms with E-state index in [4.69, 9.17) is 5.11 Å². The maximum atomic E-state index is 10.9. The number of carbonyl (C=O) groups is 1. The van der Waals surface area contributed by atoms with Crippen LogP contribution in [0.1, 0.15) is 17.8 Å². The summed E-state index contributed by atoms with van der Waals surface area (Å²) in [6, 6.07) is 18.2. The van der Waals surface area contributed by atoms with Crippen molar-refractivity contribution in [2.75, 3.05) is 0 Å². The van der Waals surface area contributed by atoms with Crippen LogP contribution in [0, 0.1) is 0 Å². The minimum atomic E-state index is -0.785. The Kier molecular flexibility index (Phi) is 4.19. The van der Waals surface area contributed by atoms with Gasteiger partial charge in [0.1, 0.15) is 5.82 Å². The molecule has 0 saturated heterocycles. The lowest BCUT2D eigenvalue weighted by molar-refractivity contribution is -0.137. The molecule has 112 valence electrons. The second kappa shape index (κ2) is 6.43. The zero-order valence-corrected chi connectivity index (χ0v) is 12.3. The number of aryl methyl sites for hydroxylation is 3. The molecule has 0 saturated carbocycles. The lowest BCUT2D eigenvalue weighted by atomic mass is 10.1. The fourth-order valence-electron chi connectivity index (χ4n) is 2.67.